The van der Waals surface area contributed by atoms with Crippen LogP contribution in [0, 0.1) is 24.7 Å². The maximum atomic E-state index is 12.6. The topological polar surface area (TPSA) is 111 Å². The van der Waals surface area contributed by atoms with Gasteiger partial charge in [0.05, 0.1) is 27.7 Å². The van der Waals surface area contributed by atoms with E-state index >= 15 is 0 Å². The van der Waals surface area contributed by atoms with Crippen LogP contribution in [0.5, 0.6) is 0 Å². The van der Waals surface area contributed by atoms with E-state index in [1.165, 1.54) is 77.0 Å². The van der Waals surface area contributed by atoms with Gasteiger partial charge in [-0.25, -0.2) is 0 Å². The molecule has 290 valence electrons. The van der Waals surface area contributed by atoms with Gasteiger partial charge in [-0.15, -0.1) is 24.7 Å². The summed E-state index contributed by atoms with van der Waals surface area (Å²) in [6, 6.07) is 0. The molecule has 0 spiro atoms. The minimum absolute atomic E-state index is 0.0371. The second-order valence-corrected chi connectivity index (χ2v) is 16.0. The lowest BCUT2D eigenvalue weighted by atomic mass is 10.0. The molecule has 0 fully saturated rings. The van der Waals surface area contributed by atoms with Crippen molar-refractivity contribution in [1.29, 1.82) is 0 Å². The van der Waals surface area contributed by atoms with Gasteiger partial charge in [-0.2, -0.15) is 0 Å². The van der Waals surface area contributed by atoms with Gasteiger partial charge in [-0.3, -0.25) is 14.2 Å². The van der Waals surface area contributed by atoms with Gasteiger partial charge in [0.1, 0.15) is 19.8 Å². The van der Waals surface area contributed by atoms with Crippen molar-refractivity contribution >= 4 is 19.8 Å². The highest BCUT2D eigenvalue weighted by Gasteiger charge is 2.21. The Morgan fingerprint density at radius 3 is 1.38 bits per heavy atom. The molecule has 9 nitrogen and oxygen atoms in total. The maximum absolute atomic E-state index is 12.6. The second kappa shape index (κ2) is 33.0. The van der Waals surface area contributed by atoms with Crippen molar-refractivity contribution in [2.24, 2.45) is 0 Å². The van der Waals surface area contributed by atoms with Gasteiger partial charge in [0.15, 0.2) is 6.10 Å². The molecule has 1 unspecified atom stereocenters. The molecule has 0 aromatic heterocycles. The number of terminal acetylenes is 2. The summed E-state index contributed by atoms with van der Waals surface area (Å²) in [4.78, 5) is 37.3. The van der Waals surface area contributed by atoms with Crippen molar-refractivity contribution in [3.63, 3.8) is 0 Å². The van der Waals surface area contributed by atoms with Gasteiger partial charge in [0, 0.05) is 25.7 Å². The molecule has 0 amide bonds. The Morgan fingerprint density at radius 2 is 0.980 bits per heavy atom. The minimum atomic E-state index is -4.62. The Hall–Kier alpha value is -1.87. The van der Waals surface area contributed by atoms with Gasteiger partial charge < -0.3 is 27.9 Å². The summed E-state index contributed by atoms with van der Waals surface area (Å²) in [6.45, 7) is -0.312. The zero-order valence-electron chi connectivity index (χ0n) is 32.1. The molecular weight excluding hydrogens is 653 g/mol. The maximum Gasteiger partial charge on any atom is 0.306 e. The lowest BCUT2D eigenvalue weighted by Gasteiger charge is -2.28. The third-order valence-electron chi connectivity index (χ3n) is 8.56. The summed E-state index contributed by atoms with van der Waals surface area (Å²) in [7, 11) is 1.14. The van der Waals surface area contributed by atoms with Gasteiger partial charge in [0.2, 0.25) is 0 Å². The number of unbranched alkanes of at least 4 members (excludes halogenated alkanes) is 22. The first-order chi connectivity index (χ1) is 24.0. The van der Waals surface area contributed by atoms with E-state index in [1.807, 2.05) is 21.1 Å². The van der Waals surface area contributed by atoms with E-state index in [-0.39, 0.29) is 26.1 Å². The molecule has 0 aromatic carbocycles. The number of quaternary nitrogens is 1. The van der Waals surface area contributed by atoms with Gasteiger partial charge in [-0.1, -0.05) is 116 Å². The standard InChI is InChI=1S/C40H72NO8P/c1-6-8-10-12-14-16-18-20-22-24-26-28-30-32-39(42)46-36-38(37-48-50(44,45)47-35-34-41(3,4)5)49-40(43)33-31-29-27-25-23-21-19-17-15-13-11-9-7-2/h1-2,38H,8-37H2,3-5H3/t38-/m1/s1. The molecule has 0 aliphatic heterocycles. The lowest BCUT2D eigenvalue weighted by Crippen LogP contribution is -2.37. The third kappa shape index (κ3) is 35.9. The Labute approximate surface area is 306 Å². The molecule has 10 heteroatoms. The van der Waals surface area contributed by atoms with Crippen molar-refractivity contribution in [2.45, 2.75) is 173 Å². The largest absolute Gasteiger partial charge is 0.756 e. The van der Waals surface area contributed by atoms with E-state index in [2.05, 4.69) is 11.8 Å². The molecule has 0 aromatic rings. The number of esters is 2. The normalized spacial score (nSPS) is 13.2. The molecule has 0 bridgehead atoms. The number of nitrogens with zero attached hydrogens (tertiary/aromatic N) is 1. The summed E-state index contributed by atoms with van der Waals surface area (Å²) in [6.07, 6.45) is 36.6. The number of phosphoric ester groups is 1. The van der Waals surface area contributed by atoms with Crippen LogP contribution in [0.1, 0.15) is 167 Å². The second-order valence-electron chi connectivity index (χ2n) is 14.6. The molecule has 0 aliphatic rings. The van der Waals surface area contributed by atoms with Gasteiger partial charge in [-0.05, 0) is 25.7 Å². The predicted octanol–water partition coefficient (Wildman–Crippen LogP) is 9.06. The number of phosphoric acid groups is 1. The average Bonchev–Trinajstić information content (AvgIpc) is 3.06. The molecule has 0 radical (unpaired) electrons. The highest BCUT2D eigenvalue weighted by Crippen LogP contribution is 2.38. The minimum Gasteiger partial charge on any atom is -0.756 e. The zero-order chi connectivity index (χ0) is 37.2. The number of likely N-dealkylation sites (N-methyl/N-ethyl adjacent to an activating group) is 1. The summed E-state index contributed by atoms with van der Waals surface area (Å²) in [5.74, 6) is 4.51. The fraction of sp³-hybridized carbons (Fsp3) is 0.850. The molecule has 0 heterocycles. The van der Waals surface area contributed by atoms with Crippen LogP contribution in [0.25, 0.3) is 0 Å². The van der Waals surface area contributed by atoms with Gasteiger partial charge >= 0.3 is 11.9 Å². The molecule has 0 N–H and O–H groups in total. The molecule has 0 saturated heterocycles. The van der Waals surface area contributed by atoms with Crippen molar-refractivity contribution in [2.75, 3.05) is 47.5 Å². The van der Waals surface area contributed by atoms with Crippen LogP contribution in [-0.2, 0) is 32.7 Å². The third-order valence-corrected chi connectivity index (χ3v) is 9.53. The summed E-state index contributed by atoms with van der Waals surface area (Å²) >= 11 is 0. The quantitative estimate of drug-likeness (QED) is 0.0207. The highest BCUT2D eigenvalue weighted by molar-refractivity contribution is 7.45. The number of rotatable bonds is 36. The molecule has 2 atom stereocenters. The molecule has 50 heavy (non-hydrogen) atoms. The SMILES string of the molecule is C#CCCCCCCCCCCCCCC(=O)OC[C@H](COP(=O)([O-])OCC[N+](C)(C)C)OC(=O)CCCCCCCCCCCCCC#C. The Morgan fingerprint density at radius 1 is 0.600 bits per heavy atom. The number of ether oxygens (including phenoxy) is 2. The predicted molar refractivity (Wildman–Crippen MR) is 201 cm³/mol. The van der Waals surface area contributed by atoms with Crippen molar-refractivity contribution < 1.29 is 42.1 Å². The van der Waals surface area contributed by atoms with E-state index in [1.54, 1.807) is 0 Å². The summed E-state index contributed by atoms with van der Waals surface area (Å²) in [5, 5.41) is 0. The van der Waals surface area contributed by atoms with E-state index in [0.717, 1.165) is 70.6 Å². The molecule has 0 saturated carbocycles. The van der Waals surface area contributed by atoms with Crippen LogP contribution in [0.3, 0.4) is 0 Å². The fourth-order valence-corrected chi connectivity index (χ4v) is 6.16. The van der Waals surface area contributed by atoms with Crippen LogP contribution in [-0.4, -0.2) is 70.0 Å². The first-order valence-electron chi connectivity index (χ1n) is 19.6. The number of hydrogen-bond donors (Lipinski definition) is 0. The van der Waals surface area contributed by atoms with Crippen LogP contribution >= 0.6 is 7.82 Å². The van der Waals surface area contributed by atoms with E-state index in [9.17, 15) is 19.0 Å². The first-order valence-corrected chi connectivity index (χ1v) is 21.1. The number of carbonyl (C=O) groups excluding carboxylic acids is 2. The highest BCUT2D eigenvalue weighted by atomic mass is 31.2. The molecular formula is C40H72NO8P. The van der Waals surface area contributed by atoms with E-state index in [4.69, 9.17) is 31.4 Å². The Kier molecular flexibility index (Phi) is 31.8. The van der Waals surface area contributed by atoms with Gasteiger partial charge in [0.25, 0.3) is 7.82 Å². The Balaban J connectivity index is 4.38. The van der Waals surface area contributed by atoms with Crippen LogP contribution in [0.15, 0.2) is 0 Å². The number of hydrogen-bond acceptors (Lipinski definition) is 8. The van der Waals surface area contributed by atoms with Crippen LogP contribution < -0.4 is 4.89 Å². The zero-order valence-corrected chi connectivity index (χ0v) is 33.0. The van der Waals surface area contributed by atoms with Crippen LogP contribution in [0.4, 0.5) is 0 Å². The smallest absolute Gasteiger partial charge is 0.306 e. The van der Waals surface area contributed by atoms with Crippen molar-refractivity contribution in [1.82, 2.24) is 0 Å². The van der Waals surface area contributed by atoms with E-state index in [0.29, 0.717) is 17.4 Å². The lowest BCUT2D eigenvalue weighted by molar-refractivity contribution is -0.870. The molecule has 0 aliphatic carbocycles. The van der Waals surface area contributed by atoms with Crippen molar-refractivity contribution in [3.8, 4) is 24.7 Å². The van der Waals surface area contributed by atoms with Crippen LogP contribution in [0.2, 0.25) is 0 Å². The van der Waals surface area contributed by atoms with E-state index < -0.39 is 32.5 Å². The first kappa shape index (κ1) is 48.1. The summed E-state index contributed by atoms with van der Waals surface area (Å²) in [5.41, 5.74) is 0. The average molecular weight is 726 g/mol. The van der Waals surface area contributed by atoms with Crippen molar-refractivity contribution in [3.05, 3.63) is 0 Å². The molecule has 0 rings (SSSR count). The monoisotopic (exact) mass is 725 g/mol. The fourth-order valence-electron chi connectivity index (χ4n) is 5.43. The Bertz CT molecular complexity index is 968. The summed E-state index contributed by atoms with van der Waals surface area (Å²) < 4.78 is 33.7. The number of carbonyl (C=O) groups is 2.